The molecular formula is C22H29N3O2. The van der Waals surface area contributed by atoms with Gasteiger partial charge in [-0.1, -0.05) is 24.3 Å². The molecule has 0 aromatic heterocycles. The third-order valence-electron chi connectivity index (χ3n) is 5.15. The number of nitrogens with zero attached hydrogens (tertiary/aromatic N) is 1. The summed E-state index contributed by atoms with van der Waals surface area (Å²) in [6, 6.07) is 16.4. The van der Waals surface area contributed by atoms with Crippen molar-refractivity contribution < 1.29 is 9.53 Å². The number of ether oxygens (including phenoxy) is 1. The highest BCUT2D eigenvalue weighted by Crippen LogP contribution is 2.22. The standard InChI is InChI=1S/C22H29N3O2/c1-17(25-12-14-27-15-13-25)10-11-24-22(26)20-5-3-4-19(16-20)18-6-8-21(23-2)9-7-18/h3-9,16-17,23H,10-15H2,1-2H3,(H,24,26)/t17-/m0/s1. The zero-order valence-electron chi connectivity index (χ0n) is 16.2. The van der Waals surface area contributed by atoms with Gasteiger partial charge in [-0.15, -0.1) is 0 Å². The fourth-order valence-electron chi connectivity index (χ4n) is 3.37. The summed E-state index contributed by atoms with van der Waals surface area (Å²) in [7, 11) is 1.90. The Bertz CT molecular complexity index is 739. The number of morpholine rings is 1. The van der Waals surface area contributed by atoms with E-state index in [2.05, 4.69) is 34.6 Å². The maximum Gasteiger partial charge on any atom is 0.251 e. The van der Waals surface area contributed by atoms with Gasteiger partial charge in [0, 0.05) is 44.0 Å². The Hall–Kier alpha value is -2.37. The van der Waals surface area contributed by atoms with E-state index >= 15 is 0 Å². The summed E-state index contributed by atoms with van der Waals surface area (Å²) >= 11 is 0. The summed E-state index contributed by atoms with van der Waals surface area (Å²) < 4.78 is 5.40. The maximum atomic E-state index is 12.5. The lowest BCUT2D eigenvalue weighted by Crippen LogP contribution is -2.43. The van der Waals surface area contributed by atoms with Gasteiger partial charge in [-0.3, -0.25) is 9.69 Å². The Morgan fingerprint density at radius 3 is 2.56 bits per heavy atom. The molecule has 1 fully saturated rings. The smallest absolute Gasteiger partial charge is 0.251 e. The second-order valence-electron chi connectivity index (χ2n) is 6.95. The van der Waals surface area contributed by atoms with E-state index in [4.69, 9.17) is 4.74 Å². The predicted molar refractivity (Wildman–Crippen MR) is 110 cm³/mol. The fourth-order valence-corrected chi connectivity index (χ4v) is 3.37. The van der Waals surface area contributed by atoms with Gasteiger partial charge in [0.05, 0.1) is 13.2 Å². The van der Waals surface area contributed by atoms with Crippen molar-refractivity contribution in [2.24, 2.45) is 0 Å². The first-order valence-electron chi connectivity index (χ1n) is 9.65. The molecule has 2 aromatic carbocycles. The van der Waals surface area contributed by atoms with Crippen molar-refractivity contribution in [1.82, 2.24) is 10.2 Å². The van der Waals surface area contributed by atoms with E-state index < -0.39 is 0 Å². The number of amides is 1. The van der Waals surface area contributed by atoms with Crippen LogP contribution in [0, 0.1) is 0 Å². The molecule has 1 aliphatic rings. The third-order valence-corrected chi connectivity index (χ3v) is 5.15. The molecule has 0 unspecified atom stereocenters. The van der Waals surface area contributed by atoms with Crippen LogP contribution in [0.5, 0.6) is 0 Å². The highest BCUT2D eigenvalue weighted by atomic mass is 16.5. The largest absolute Gasteiger partial charge is 0.388 e. The van der Waals surface area contributed by atoms with E-state index in [1.165, 1.54) is 0 Å². The highest BCUT2D eigenvalue weighted by molar-refractivity contribution is 5.95. The van der Waals surface area contributed by atoms with Crippen LogP contribution in [0.15, 0.2) is 48.5 Å². The van der Waals surface area contributed by atoms with Gasteiger partial charge in [-0.05, 0) is 48.7 Å². The Labute approximate surface area is 161 Å². The average Bonchev–Trinajstić information content (AvgIpc) is 2.74. The lowest BCUT2D eigenvalue weighted by molar-refractivity contribution is 0.0187. The zero-order valence-corrected chi connectivity index (χ0v) is 16.2. The van der Waals surface area contributed by atoms with Crippen molar-refractivity contribution in [3.8, 4) is 11.1 Å². The number of rotatable bonds is 7. The van der Waals surface area contributed by atoms with Crippen LogP contribution >= 0.6 is 0 Å². The van der Waals surface area contributed by atoms with Crippen LogP contribution in [0.2, 0.25) is 0 Å². The molecular weight excluding hydrogens is 338 g/mol. The first-order valence-corrected chi connectivity index (χ1v) is 9.65. The second kappa shape index (κ2) is 9.53. The topological polar surface area (TPSA) is 53.6 Å². The molecule has 27 heavy (non-hydrogen) atoms. The van der Waals surface area contributed by atoms with Gasteiger partial charge in [0.1, 0.15) is 0 Å². The quantitative estimate of drug-likeness (QED) is 0.789. The van der Waals surface area contributed by atoms with Crippen molar-refractivity contribution >= 4 is 11.6 Å². The molecule has 0 spiro atoms. The molecule has 1 heterocycles. The van der Waals surface area contributed by atoms with Crippen LogP contribution in [-0.4, -0.2) is 56.7 Å². The molecule has 1 aliphatic heterocycles. The summed E-state index contributed by atoms with van der Waals surface area (Å²) in [6.07, 6.45) is 0.941. The van der Waals surface area contributed by atoms with Gasteiger partial charge < -0.3 is 15.4 Å². The summed E-state index contributed by atoms with van der Waals surface area (Å²) in [6.45, 7) is 6.45. The van der Waals surface area contributed by atoms with Crippen molar-refractivity contribution in [2.75, 3.05) is 45.2 Å². The average molecular weight is 367 g/mol. The summed E-state index contributed by atoms with van der Waals surface area (Å²) in [4.78, 5) is 15.0. The molecule has 0 bridgehead atoms. The normalized spacial score (nSPS) is 15.9. The van der Waals surface area contributed by atoms with Crippen molar-refractivity contribution in [3.05, 3.63) is 54.1 Å². The molecule has 0 saturated carbocycles. The minimum Gasteiger partial charge on any atom is -0.388 e. The van der Waals surface area contributed by atoms with E-state index in [1.807, 2.05) is 43.4 Å². The molecule has 0 radical (unpaired) electrons. The molecule has 5 nitrogen and oxygen atoms in total. The van der Waals surface area contributed by atoms with Crippen LogP contribution in [0.25, 0.3) is 11.1 Å². The molecule has 0 aliphatic carbocycles. The van der Waals surface area contributed by atoms with E-state index in [-0.39, 0.29) is 5.91 Å². The number of carbonyl (C=O) groups is 1. The summed E-state index contributed by atoms with van der Waals surface area (Å²) in [5, 5.41) is 6.18. The number of carbonyl (C=O) groups excluding carboxylic acids is 1. The van der Waals surface area contributed by atoms with Crippen LogP contribution in [0.4, 0.5) is 5.69 Å². The van der Waals surface area contributed by atoms with Gasteiger partial charge in [0.15, 0.2) is 0 Å². The van der Waals surface area contributed by atoms with Crippen LogP contribution in [0.3, 0.4) is 0 Å². The molecule has 1 amide bonds. The SMILES string of the molecule is CNc1ccc(-c2cccc(C(=O)NCC[C@H](C)N3CCOCC3)c2)cc1. The maximum absolute atomic E-state index is 12.5. The minimum absolute atomic E-state index is 0.0159. The van der Waals surface area contributed by atoms with Crippen molar-refractivity contribution in [1.29, 1.82) is 0 Å². The van der Waals surface area contributed by atoms with Crippen LogP contribution < -0.4 is 10.6 Å². The summed E-state index contributed by atoms with van der Waals surface area (Å²) in [5.74, 6) is -0.0159. The van der Waals surface area contributed by atoms with Crippen LogP contribution in [0.1, 0.15) is 23.7 Å². The molecule has 2 aromatic rings. The Balaban J connectivity index is 1.55. The Kier molecular flexibility index (Phi) is 6.85. The van der Waals surface area contributed by atoms with Gasteiger partial charge in [0.25, 0.3) is 5.91 Å². The number of nitrogens with one attached hydrogen (secondary N) is 2. The molecule has 3 rings (SSSR count). The third kappa shape index (κ3) is 5.31. The van der Waals surface area contributed by atoms with Crippen molar-refractivity contribution in [2.45, 2.75) is 19.4 Å². The lowest BCUT2D eigenvalue weighted by atomic mass is 10.0. The minimum atomic E-state index is -0.0159. The van der Waals surface area contributed by atoms with Gasteiger partial charge in [-0.2, -0.15) is 0 Å². The van der Waals surface area contributed by atoms with Crippen LogP contribution in [-0.2, 0) is 4.74 Å². The predicted octanol–water partition coefficient (Wildman–Crippen LogP) is 3.24. The van der Waals surface area contributed by atoms with E-state index in [0.29, 0.717) is 18.2 Å². The Morgan fingerprint density at radius 2 is 1.85 bits per heavy atom. The first kappa shape index (κ1) is 19.4. The fraction of sp³-hybridized carbons (Fsp3) is 0.409. The molecule has 1 saturated heterocycles. The number of hydrogen-bond donors (Lipinski definition) is 2. The van der Waals surface area contributed by atoms with Gasteiger partial charge >= 0.3 is 0 Å². The van der Waals surface area contributed by atoms with E-state index in [1.54, 1.807) is 0 Å². The monoisotopic (exact) mass is 367 g/mol. The van der Waals surface area contributed by atoms with Gasteiger partial charge in [-0.25, -0.2) is 0 Å². The lowest BCUT2D eigenvalue weighted by Gasteiger charge is -2.32. The molecule has 1 atom stereocenters. The Morgan fingerprint density at radius 1 is 1.11 bits per heavy atom. The second-order valence-corrected chi connectivity index (χ2v) is 6.95. The number of anilines is 1. The zero-order chi connectivity index (χ0) is 19.1. The van der Waals surface area contributed by atoms with E-state index in [0.717, 1.165) is 49.5 Å². The highest BCUT2D eigenvalue weighted by Gasteiger charge is 2.17. The van der Waals surface area contributed by atoms with Crippen molar-refractivity contribution in [3.63, 3.8) is 0 Å². The number of benzene rings is 2. The summed E-state index contributed by atoms with van der Waals surface area (Å²) in [5.41, 5.74) is 3.92. The van der Waals surface area contributed by atoms with E-state index in [9.17, 15) is 4.79 Å². The van der Waals surface area contributed by atoms with Gasteiger partial charge in [0.2, 0.25) is 0 Å². The number of hydrogen-bond acceptors (Lipinski definition) is 4. The first-order chi connectivity index (χ1) is 13.2. The molecule has 2 N–H and O–H groups in total. The molecule has 5 heteroatoms. The molecule has 144 valence electrons.